The molecule has 1 N–H and O–H groups in total. The van der Waals surface area contributed by atoms with E-state index in [2.05, 4.69) is 10.3 Å². The number of aromatic nitrogens is 3. The van der Waals surface area contributed by atoms with Crippen molar-refractivity contribution in [2.45, 2.75) is 13.3 Å². The quantitative estimate of drug-likeness (QED) is 0.928. The van der Waals surface area contributed by atoms with Crippen molar-refractivity contribution in [2.75, 3.05) is 0 Å². The molecule has 0 bridgehead atoms. The summed E-state index contributed by atoms with van der Waals surface area (Å²) in [6, 6.07) is 4.11. The molecular weight excluding hydrogens is 261 g/mol. The third-order valence-corrected chi connectivity index (χ3v) is 2.75. The highest BCUT2D eigenvalue weighted by Crippen LogP contribution is 2.20. The minimum absolute atomic E-state index is 0.00429. The SMILES string of the molecule is CCc1c(C(=O)O)nnn1-c1ccc(Cl)c(F)c1. The van der Waals surface area contributed by atoms with Crippen molar-refractivity contribution >= 4 is 17.6 Å². The summed E-state index contributed by atoms with van der Waals surface area (Å²) in [4.78, 5) is 10.9. The van der Waals surface area contributed by atoms with Crippen LogP contribution in [0.25, 0.3) is 5.69 Å². The van der Waals surface area contributed by atoms with Gasteiger partial charge in [-0.05, 0) is 18.6 Å². The van der Waals surface area contributed by atoms with Gasteiger partial charge < -0.3 is 5.11 Å². The largest absolute Gasteiger partial charge is 0.476 e. The molecule has 18 heavy (non-hydrogen) atoms. The molecule has 0 saturated carbocycles. The van der Waals surface area contributed by atoms with E-state index in [1.165, 1.54) is 16.8 Å². The second-order valence-electron chi connectivity index (χ2n) is 3.55. The molecule has 0 aliphatic rings. The molecule has 7 heteroatoms. The summed E-state index contributed by atoms with van der Waals surface area (Å²) in [5, 5.41) is 16.2. The number of halogens is 2. The Morgan fingerprint density at radius 3 is 2.83 bits per heavy atom. The van der Waals surface area contributed by atoms with E-state index in [4.69, 9.17) is 16.7 Å². The maximum atomic E-state index is 13.4. The molecule has 0 saturated heterocycles. The van der Waals surface area contributed by atoms with Crippen molar-refractivity contribution in [3.63, 3.8) is 0 Å². The van der Waals surface area contributed by atoms with Gasteiger partial charge in [0.1, 0.15) is 5.82 Å². The molecule has 0 aliphatic carbocycles. The third kappa shape index (κ3) is 2.06. The zero-order chi connectivity index (χ0) is 13.3. The van der Waals surface area contributed by atoms with Gasteiger partial charge in [-0.2, -0.15) is 0 Å². The van der Waals surface area contributed by atoms with Gasteiger partial charge in [-0.15, -0.1) is 5.10 Å². The normalized spacial score (nSPS) is 10.6. The molecule has 1 aromatic heterocycles. The average molecular weight is 270 g/mol. The molecule has 5 nitrogen and oxygen atoms in total. The second-order valence-corrected chi connectivity index (χ2v) is 3.96. The lowest BCUT2D eigenvalue weighted by molar-refractivity contribution is 0.0689. The minimum Gasteiger partial charge on any atom is -0.476 e. The van der Waals surface area contributed by atoms with E-state index in [1.54, 1.807) is 13.0 Å². The van der Waals surface area contributed by atoms with Crippen LogP contribution < -0.4 is 0 Å². The Kier molecular flexibility index (Phi) is 3.29. The molecule has 2 rings (SSSR count). The first-order valence-electron chi connectivity index (χ1n) is 5.18. The molecule has 1 aromatic carbocycles. The molecular formula is C11H9ClFN3O2. The number of carbonyl (C=O) groups is 1. The molecule has 2 aromatic rings. The van der Waals surface area contributed by atoms with Crippen LogP contribution >= 0.6 is 11.6 Å². The average Bonchev–Trinajstić information content (AvgIpc) is 2.76. The maximum absolute atomic E-state index is 13.4. The molecule has 0 fully saturated rings. The van der Waals surface area contributed by atoms with Crippen LogP contribution in [-0.4, -0.2) is 26.1 Å². The van der Waals surface area contributed by atoms with Crippen LogP contribution in [0.2, 0.25) is 5.02 Å². The van der Waals surface area contributed by atoms with E-state index in [9.17, 15) is 9.18 Å². The van der Waals surface area contributed by atoms with Crippen molar-refractivity contribution in [2.24, 2.45) is 0 Å². The molecule has 0 radical (unpaired) electrons. The molecule has 0 aliphatic heterocycles. The summed E-state index contributed by atoms with van der Waals surface area (Å²) in [7, 11) is 0. The van der Waals surface area contributed by atoms with Crippen LogP contribution in [0.3, 0.4) is 0 Å². The van der Waals surface area contributed by atoms with Gasteiger partial charge in [0.2, 0.25) is 0 Å². The number of hydrogen-bond acceptors (Lipinski definition) is 3. The van der Waals surface area contributed by atoms with Gasteiger partial charge in [-0.25, -0.2) is 13.9 Å². The topological polar surface area (TPSA) is 68.0 Å². The monoisotopic (exact) mass is 269 g/mol. The Labute approximate surface area is 107 Å². The Balaban J connectivity index is 2.57. The van der Waals surface area contributed by atoms with Crippen LogP contribution in [0.5, 0.6) is 0 Å². The highest BCUT2D eigenvalue weighted by Gasteiger charge is 2.18. The molecule has 0 atom stereocenters. The predicted molar refractivity (Wildman–Crippen MR) is 62.7 cm³/mol. The molecule has 0 amide bonds. The summed E-state index contributed by atoms with van der Waals surface area (Å²) in [6.45, 7) is 1.77. The van der Waals surface area contributed by atoms with Crippen LogP contribution in [-0.2, 0) is 6.42 Å². The molecule has 1 heterocycles. The van der Waals surface area contributed by atoms with Crippen molar-refractivity contribution in [1.82, 2.24) is 15.0 Å². The Morgan fingerprint density at radius 2 is 2.28 bits per heavy atom. The molecule has 0 spiro atoms. The van der Waals surface area contributed by atoms with Gasteiger partial charge in [-0.3, -0.25) is 0 Å². The van der Waals surface area contributed by atoms with E-state index in [0.717, 1.165) is 0 Å². The van der Waals surface area contributed by atoms with Gasteiger partial charge in [0.25, 0.3) is 0 Å². The summed E-state index contributed by atoms with van der Waals surface area (Å²) in [6.07, 6.45) is 0.416. The van der Waals surface area contributed by atoms with Crippen LogP contribution in [0.4, 0.5) is 4.39 Å². The first-order chi connectivity index (χ1) is 8.54. The summed E-state index contributed by atoms with van der Waals surface area (Å²) in [5.41, 5.74) is 0.658. The van der Waals surface area contributed by atoms with Crippen LogP contribution in [0.1, 0.15) is 23.1 Å². The first-order valence-corrected chi connectivity index (χ1v) is 5.55. The van der Waals surface area contributed by atoms with Gasteiger partial charge in [0.15, 0.2) is 5.69 Å². The van der Waals surface area contributed by atoms with E-state index >= 15 is 0 Å². The summed E-state index contributed by atoms with van der Waals surface area (Å²) in [5.74, 6) is -1.75. The first kappa shape index (κ1) is 12.5. The lowest BCUT2D eigenvalue weighted by Gasteiger charge is -2.05. The number of rotatable bonds is 3. The number of carboxylic acid groups (broad SMARTS) is 1. The molecule has 0 unspecified atom stereocenters. The zero-order valence-electron chi connectivity index (χ0n) is 9.39. The number of aromatic carboxylic acids is 1. The maximum Gasteiger partial charge on any atom is 0.358 e. The van der Waals surface area contributed by atoms with E-state index < -0.39 is 11.8 Å². The zero-order valence-corrected chi connectivity index (χ0v) is 10.1. The van der Waals surface area contributed by atoms with Gasteiger partial charge in [0, 0.05) is 6.07 Å². The fourth-order valence-corrected chi connectivity index (χ4v) is 1.73. The van der Waals surface area contributed by atoms with Crippen molar-refractivity contribution < 1.29 is 14.3 Å². The smallest absolute Gasteiger partial charge is 0.358 e. The third-order valence-electron chi connectivity index (χ3n) is 2.45. The van der Waals surface area contributed by atoms with Crippen molar-refractivity contribution in [3.8, 4) is 5.69 Å². The Morgan fingerprint density at radius 1 is 1.56 bits per heavy atom. The minimum atomic E-state index is -1.16. The van der Waals surface area contributed by atoms with Crippen molar-refractivity contribution in [3.05, 3.63) is 40.4 Å². The van der Waals surface area contributed by atoms with Crippen LogP contribution in [0.15, 0.2) is 18.2 Å². The van der Waals surface area contributed by atoms with Gasteiger partial charge >= 0.3 is 5.97 Å². The Hall–Kier alpha value is -1.95. The van der Waals surface area contributed by atoms with Crippen molar-refractivity contribution in [1.29, 1.82) is 0 Å². The summed E-state index contributed by atoms with van der Waals surface area (Å²) >= 11 is 5.58. The lowest BCUT2D eigenvalue weighted by atomic mass is 10.2. The molecule has 94 valence electrons. The standard InChI is InChI=1S/C11H9ClFN3O2/c1-2-9-10(11(17)18)14-15-16(9)6-3-4-7(12)8(13)5-6/h3-5H,2H2,1H3,(H,17,18). The highest BCUT2D eigenvalue weighted by molar-refractivity contribution is 6.30. The predicted octanol–water partition coefficient (Wildman–Crippen LogP) is 2.32. The summed E-state index contributed by atoms with van der Waals surface area (Å²) < 4.78 is 14.7. The van der Waals surface area contributed by atoms with E-state index in [-0.39, 0.29) is 10.7 Å². The lowest BCUT2D eigenvalue weighted by Crippen LogP contribution is -2.06. The van der Waals surface area contributed by atoms with E-state index in [0.29, 0.717) is 17.8 Å². The number of benzene rings is 1. The van der Waals surface area contributed by atoms with Gasteiger partial charge in [-0.1, -0.05) is 23.7 Å². The van der Waals surface area contributed by atoms with Gasteiger partial charge in [0.05, 0.1) is 16.4 Å². The van der Waals surface area contributed by atoms with Crippen LogP contribution in [0, 0.1) is 5.82 Å². The number of nitrogens with zero attached hydrogens (tertiary/aromatic N) is 3. The van der Waals surface area contributed by atoms with E-state index in [1.807, 2.05) is 0 Å². The fourth-order valence-electron chi connectivity index (χ4n) is 1.61. The fraction of sp³-hybridized carbons (Fsp3) is 0.182. The second kappa shape index (κ2) is 4.73. The number of hydrogen-bond donors (Lipinski definition) is 1. The Bertz CT molecular complexity index is 612. The highest BCUT2D eigenvalue weighted by atomic mass is 35.5. The number of carboxylic acids is 1.